The Morgan fingerprint density at radius 3 is 3.27 bits per heavy atom. The second-order valence-electron chi connectivity index (χ2n) is 3.76. The molecule has 1 aromatic rings. The number of nitrogens with one attached hydrogen (secondary N) is 1. The molecule has 2 rings (SSSR count). The molecule has 1 aliphatic rings. The molecule has 15 heavy (non-hydrogen) atoms. The monoisotopic (exact) mass is 227 g/mol. The minimum atomic E-state index is 0.208. The van der Waals surface area contributed by atoms with Crippen LogP contribution in [0.25, 0.3) is 0 Å². The van der Waals surface area contributed by atoms with Crippen molar-refractivity contribution in [3.63, 3.8) is 0 Å². The summed E-state index contributed by atoms with van der Waals surface area (Å²) in [6.07, 6.45) is 2.07. The van der Waals surface area contributed by atoms with Gasteiger partial charge < -0.3 is 10.1 Å². The number of nitrogens with zero attached hydrogens (tertiary/aromatic N) is 2. The standard InChI is InChI=1S/C10H17N3OS/c1-11-7-8-9(10-12-3-6-15-10)13(2)4-5-14-8/h3,6,8-9,11H,4-5,7H2,1-2H3. The molecule has 84 valence electrons. The number of likely N-dealkylation sites (N-methyl/N-ethyl adjacent to an activating group) is 2. The third-order valence-electron chi connectivity index (χ3n) is 2.71. The molecule has 4 nitrogen and oxygen atoms in total. The Morgan fingerprint density at radius 2 is 2.60 bits per heavy atom. The third-order valence-corrected chi connectivity index (χ3v) is 3.56. The second kappa shape index (κ2) is 5.03. The minimum absolute atomic E-state index is 0.208. The average molecular weight is 227 g/mol. The van der Waals surface area contributed by atoms with Crippen molar-refractivity contribution in [3.8, 4) is 0 Å². The van der Waals surface area contributed by atoms with E-state index in [-0.39, 0.29) is 6.10 Å². The van der Waals surface area contributed by atoms with Crippen molar-refractivity contribution in [1.82, 2.24) is 15.2 Å². The lowest BCUT2D eigenvalue weighted by atomic mass is 10.1. The predicted octanol–water partition coefficient (Wildman–Crippen LogP) is 0.734. The van der Waals surface area contributed by atoms with E-state index >= 15 is 0 Å². The van der Waals surface area contributed by atoms with Crippen molar-refractivity contribution < 1.29 is 4.74 Å². The maximum absolute atomic E-state index is 5.79. The Kier molecular flexibility index (Phi) is 3.69. The molecular formula is C10H17N3OS. The van der Waals surface area contributed by atoms with Crippen LogP contribution in [0.5, 0.6) is 0 Å². The van der Waals surface area contributed by atoms with E-state index < -0.39 is 0 Å². The molecule has 0 amide bonds. The lowest BCUT2D eigenvalue weighted by molar-refractivity contribution is -0.0606. The Balaban J connectivity index is 2.15. The summed E-state index contributed by atoms with van der Waals surface area (Å²) in [5.41, 5.74) is 0. The van der Waals surface area contributed by atoms with Gasteiger partial charge in [0.15, 0.2) is 0 Å². The maximum atomic E-state index is 5.79. The van der Waals surface area contributed by atoms with Gasteiger partial charge in [0, 0.05) is 24.7 Å². The molecule has 2 heterocycles. The number of morpholine rings is 1. The topological polar surface area (TPSA) is 37.4 Å². The van der Waals surface area contributed by atoms with E-state index in [1.165, 1.54) is 0 Å². The first-order valence-electron chi connectivity index (χ1n) is 5.18. The molecule has 0 radical (unpaired) electrons. The molecule has 0 bridgehead atoms. The van der Waals surface area contributed by atoms with Crippen molar-refractivity contribution in [2.24, 2.45) is 0 Å². The highest BCUT2D eigenvalue weighted by molar-refractivity contribution is 7.09. The van der Waals surface area contributed by atoms with Gasteiger partial charge in [-0.15, -0.1) is 11.3 Å². The molecule has 1 aliphatic heterocycles. The van der Waals surface area contributed by atoms with Crippen molar-refractivity contribution in [1.29, 1.82) is 0 Å². The van der Waals surface area contributed by atoms with Crippen LogP contribution in [0, 0.1) is 0 Å². The van der Waals surface area contributed by atoms with Crippen molar-refractivity contribution in [2.75, 3.05) is 33.8 Å². The van der Waals surface area contributed by atoms with Crippen LogP contribution in [0.15, 0.2) is 11.6 Å². The lowest BCUT2D eigenvalue weighted by Gasteiger charge is -2.37. The fourth-order valence-corrected chi connectivity index (χ4v) is 2.82. The first kappa shape index (κ1) is 11.0. The molecule has 2 atom stereocenters. The highest BCUT2D eigenvalue weighted by Gasteiger charge is 2.32. The van der Waals surface area contributed by atoms with Gasteiger partial charge in [0.25, 0.3) is 0 Å². The van der Waals surface area contributed by atoms with Crippen molar-refractivity contribution in [2.45, 2.75) is 12.1 Å². The van der Waals surface area contributed by atoms with Gasteiger partial charge in [-0.2, -0.15) is 0 Å². The SMILES string of the molecule is CNCC1OCCN(C)C1c1nccs1. The van der Waals surface area contributed by atoms with E-state index in [0.29, 0.717) is 6.04 Å². The summed E-state index contributed by atoms with van der Waals surface area (Å²) in [7, 11) is 4.09. The van der Waals surface area contributed by atoms with Gasteiger partial charge in [0.2, 0.25) is 0 Å². The van der Waals surface area contributed by atoms with E-state index in [4.69, 9.17) is 4.74 Å². The van der Waals surface area contributed by atoms with Gasteiger partial charge in [-0.3, -0.25) is 4.90 Å². The summed E-state index contributed by atoms with van der Waals surface area (Å²) in [5.74, 6) is 0. The number of thiazole rings is 1. The van der Waals surface area contributed by atoms with E-state index in [1.807, 2.05) is 18.6 Å². The number of hydrogen-bond acceptors (Lipinski definition) is 5. The van der Waals surface area contributed by atoms with Crippen LogP contribution in [-0.4, -0.2) is 49.8 Å². The molecule has 2 unspecified atom stereocenters. The van der Waals surface area contributed by atoms with Crippen LogP contribution in [0.4, 0.5) is 0 Å². The Labute approximate surface area is 94.3 Å². The summed E-state index contributed by atoms with van der Waals surface area (Å²) in [4.78, 5) is 6.72. The lowest BCUT2D eigenvalue weighted by Crippen LogP contribution is -2.46. The number of hydrogen-bond donors (Lipinski definition) is 1. The zero-order chi connectivity index (χ0) is 10.7. The first-order valence-corrected chi connectivity index (χ1v) is 6.06. The normalized spacial score (nSPS) is 28.1. The zero-order valence-corrected chi connectivity index (χ0v) is 9.96. The molecule has 0 spiro atoms. The van der Waals surface area contributed by atoms with E-state index in [9.17, 15) is 0 Å². The highest BCUT2D eigenvalue weighted by atomic mass is 32.1. The van der Waals surface area contributed by atoms with Crippen LogP contribution in [0.3, 0.4) is 0 Å². The quantitative estimate of drug-likeness (QED) is 0.826. The maximum Gasteiger partial charge on any atom is 0.112 e. The van der Waals surface area contributed by atoms with Crippen molar-refractivity contribution >= 4 is 11.3 Å². The smallest absolute Gasteiger partial charge is 0.112 e. The van der Waals surface area contributed by atoms with Gasteiger partial charge in [-0.25, -0.2) is 4.98 Å². The van der Waals surface area contributed by atoms with E-state index in [2.05, 4.69) is 22.2 Å². The van der Waals surface area contributed by atoms with Gasteiger partial charge >= 0.3 is 0 Å². The molecular weight excluding hydrogens is 210 g/mol. The second-order valence-corrected chi connectivity index (χ2v) is 4.69. The molecule has 1 N–H and O–H groups in total. The summed E-state index contributed by atoms with van der Waals surface area (Å²) >= 11 is 1.70. The Morgan fingerprint density at radius 1 is 1.73 bits per heavy atom. The molecule has 0 saturated carbocycles. The fourth-order valence-electron chi connectivity index (χ4n) is 1.96. The van der Waals surface area contributed by atoms with E-state index in [0.717, 1.165) is 24.7 Å². The number of ether oxygens (including phenoxy) is 1. The van der Waals surface area contributed by atoms with Gasteiger partial charge in [0.05, 0.1) is 18.8 Å². The van der Waals surface area contributed by atoms with E-state index in [1.54, 1.807) is 11.3 Å². The summed E-state index contributed by atoms with van der Waals surface area (Å²) < 4.78 is 5.79. The van der Waals surface area contributed by atoms with Crippen LogP contribution >= 0.6 is 11.3 Å². The van der Waals surface area contributed by atoms with Crippen LogP contribution in [0.1, 0.15) is 11.0 Å². The van der Waals surface area contributed by atoms with Gasteiger partial charge in [-0.1, -0.05) is 0 Å². The predicted molar refractivity (Wildman–Crippen MR) is 61.2 cm³/mol. The molecule has 1 fully saturated rings. The summed E-state index contributed by atoms with van der Waals surface area (Å²) in [5, 5.41) is 6.35. The van der Waals surface area contributed by atoms with Crippen LogP contribution in [0.2, 0.25) is 0 Å². The third kappa shape index (κ3) is 2.36. The molecule has 0 aromatic carbocycles. The average Bonchev–Trinajstić information content (AvgIpc) is 2.71. The van der Waals surface area contributed by atoms with Crippen molar-refractivity contribution in [3.05, 3.63) is 16.6 Å². The Hall–Kier alpha value is -0.490. The van der Waals surface area contributed by atoms with Gasteiger partial charge in [0.1, 0.15) is 5.01 Å². The Bertz CT molecular complexity index is 289. The fraction of sp³-hybridized carbons (Fsp3) is 0.700. The first-order chi connectivity index (χ1) is 7.33. The number of rotatable bonds is 3. The van der Waals surface area contributed by atoms with Gasteiger partial charge in [-0.05, 0) is 14.1 Å². The van der Waals surface area contributed by atoms with Crippen LogP contribution in [-0.2, 0) is 4.74 Å². The summed E-state index contributed by atoms with van der Waals surface area (Å²) in [6, 6.07) is 0.297. The minimum Gasteiger partial charge on any atom is -0.373 e. The van der Waals surface area contributed by atoms with Crippen LogP contribution < -0.4 is 5.32 Å². The summed E-state index contributed by atoms with van der Waals surface area (Å²) in [6.45, 7) is 2.66. The molecule has 0 aliphatic carbocycles. The highest BCUT2D eigenvalue weighted by Crippen LogP contribution is 2.29. The molecule has 5 heteroatoms. The number of aromatic nitrogens is 1. The largest absolute Gasteiger partial charge is 0.373 e. The molecule has 1 aromatic heterocycles. The zero-order valence-electron chi connectivity index (χ0n) is 9.14. The molecule has 1 saturated heterocycles.